The van der Waals surface area contributed by atoms with E-state index >= 15 is 0 Å². The van der Waals surface area contributed by atoms with Crippen molar-refractivity contribution in [2.24, 2.45) is 5.73 Å². The van der Waals surface area contributed by atoms with Gasteiger partial charge in [0.25, 0.3) is 0 Å². The van der Waals surface area contributed by atoms with Crippen molar-refractivity contribution in [3.63, 3.8) is 0 Å². The fourth-order valence-electron chi connectivity index (χ4n) is 2.46. The van der Waals surface area contributed by atoms with Gasteiger partial charge in [0.15, 0.2) is 0 Å². The zero-order chi connectivity index (χ0) is 16.8. The Kier molecular flexibility index (Phi) is 5.87. The van der Waals surface area contributed by atoms with Crippen molar-refractivity contribution in [3.8, 4) is 5.75 Å². The minimum absolute atomic E-state index is 0.113. The zero-order valence-electron chi connectivity index (χ0n) is 13.0. The number of rotatable bonds is 3. The third-order valence-corrected chi connectivity index (χ3v) is 3.95. The van der Waals surface area contributed by atoms with Crippen molar-refractivity contribution < 1.29 is 14.3 Å². The summed E-state index contributed by atoms with van der Waals surface area (Å²) < 4.78 is 5.25. The van der Waals surface area contributed by atoms with Gasteiger partial charge in [-0.25, -0.2) is 4.79 Å². The van der Waals surface area contributed by atoms with E-state index in [-0.39, 0.29) is 5.91 Å². The van der Waals surface area contributed by atoms with E-state index in [4.69, 9.17) is 22.1 Å². The second kappa shape index (κ2) is 7.87. The van der Waals surface area contributed by atoms with E-state index < -0.39 is 6.03 Å². The molecule has 1 aromatic rings. The minimum Gasteiger partial charge on any atom is -0.496 e. The molecule has 1 saturated heterocycles. The highest BCUT2D eigenvalue weighted by Gasteiger charge is 2.19. The Labute approximate surface area is 140 Å². The lowest BCUT2D eigenvalue weighted by Gasteiger charge is -2.19. The number of halogens is 1. The Morgan fingerprint density at radius 3 is 2.61 bits per heavy atom. The Bertz CT molecular complexity index is 619. The van der Waals surface area contributed by atoms with Gasteiger partial charge in [-0.1, -0.05) is 11.6 Å². The quantitative estimate of drug-likeness (QED) is 0.857. The summed E-state index contributed by atoms with van der Waals surface area (Å²) in [6.07, 6.45) is 3.89. The molecule has 1 aromatic carbocycles. The molecule has 1 aliphatic rings. The van der Waals surface area contributed by atoms with Gasteiger partial charge in [0.2, 0.25) is 5.91 Å². The number of nitrogens with zero attached hydrogens (tertiary/aromatic N) is 2. The first kappa shape index (κ1) is 17.1. The van der Waals surface area contributed by atoms with Crippen LogP contribution in [0.15, 0.2) is 24.3 Å². The van der Waals surface area contributed by atoms with Crippen molar-refractivity contribution in [3.05, 3.63) is 34.9 Å². The molecule has 0 unspecified atom stereocenters. The molecule has 1 heterocycles. The number of methoxy groups -OCH3 is 1. The summed E-state index contributed by atoms with van der Waals surface area (Å²) in [6, 6.07) is 4.77. The maximum Gasteiger partial charge on any atom is 0.314 e. The van der Waals surface area contributed by atoms with Crippen molar-refractivity contribution in [1.82, 2.24) is 9.80 Å². The summed E-state index contributed by atoms with van der Waals surface area (Å²) in [5.41, 5.74) is 6.02. The van der Waals surface area contributed by atoms with Gasteiger partial charge in [-0.05, 0) is 30.7 Å². The van der Waals surface area contributed by atoms with E-state index in [1.165, 1.54) is 6.08 Å². The highest BCUT2D eigenvalue weighted by atomic mass is 35.5. The Morgan fingerprint density at radius 1 is 1.22 bits per heavy atom. The normalized spacial score (nSPS) is 15.6. The standard InChI is InChI=1S/C16H20ClN3O3/c1-23-14-5-4-13(17)11-12(14)3-6-15(21)19-7-2-8-20(10-9-19)16(18)22/h3-6,11H,2,7-10H2,1H3,(H2,18,22). The van der Waals surface area contributed by atoms with E-state index in [0.717, 1.165) is 5.56 Å². The molecule has 0 aromatic heterocycles. The number of hydrogen-bond acceptors (Lipinski definition) is 3. The first-order chi connectivity index (χ1) is 11.0. The Morgan fingerprint density at radius 2 is 1.91 bits per heavy atom. The molecule has 0 atom stereocenters. The topological polar surface area (TPSA) is 75.9 Å². The molecule has 23 heavy (non-hydrogen) atoms. The van der Waals surface area contributed by atoms with Gasteiger partial charge in [0.05, 0.1) is 7.11 Å². The zero-order valence-corrected chi connectivity index (χ0v) is 13.8. The molecule has 6 nitrogen and oxygen atoms in total. The lowest BCUT2D eigenvalue weighted by Crippen LogP contribution is -2.39. The van der Waals surface area contributed by atoms with Crippen molar-refractivity contribution in [2.45, 2.75) is 6.42 Å². The number of amides is 3. The van der Waals surface area contributed by atoms with Crippen molar-refractivity contribution in [1.29, 1.82) is 0 Å². The maximum absolute atomic E-state index is 12.3. The number of benzene rings is 1. The van der Waals surface area contributed by atoms with Gasteiger partial charge in [0, 0.05) is 42.8 Å². The number of carbonyl (C=O) groups excluding carboxylic acids is 2. The molecule has 124 valence electrons. The van der Waals surface area contributed by atoms with Crippen LogP contribution in [-0.2, 0) is 4.79 Å². The summed E-state index contributed by atoms with van der Waals surface area (Å²) >= 11 is 5.97. The van der Waals surface area contributed by atoms with Gasteiger partial charge >= 0.3 is 6.03 Å². The van der Waals surface area contributed by atoms with Crippen LogP contribution in [0, 0.1) is 0 Å². The molecular formula is C16H20ClN3O3. The second-order valence-corrected chi connectivity index (χ2v) is 5.66. The molecule has 7 heteroatoms. The minimum atomic E-state index is -0.446. The molecule has 0 bridgehead atoms. The number of urea groups is 1. The van der Waals surface area contributed by atoms with Crippen LogP contribution in [0.5, 0.6) is 5.75 Å². The van der Waals surface area contributed by atoms with Gasteiger partial charge in [-0.15, -0.1) is 0 Å². The molecule has 0 spiro atoms. The highest BCUT2D eigenvalue weighted by molar-refractivity contribution is 6.30. The van der Waals surface area contributed by atoms with Crippen LogP contribution in [0.1, 0.15) is 12.0 Å². The summed E-state index contributed by atoms with van der Waals surface area (Å²) in [5.74, 6) is 0.535. The third kappa shape index (κ3) is 4.63. The van der Waals surface area contributed by atoms with E-state index in [0.29, 0.717) is 43.4 Å². The van der Waals surface area contributed by atoms with Gasteiger partial charge in [-0.2, -0.15) is 0 Å². The highest BCUT2D eigenvalue weighted by Crippen LogP contribution is 2.23. The van der Waals surface area contributed by atoms with Crippen molar-refractivity contribution >= 4 is 29.6 Å². The number of carbonyl (C=O) groups is 2. The van der Waals surface area contributed by atoms with Crippen LogP contribution in [0.2, 0.25) is 5.02 Å². The van der Waals surface area contributed by atoms with Crippen LogP contribution >= 0.6 is 11.6 Å². The second-order valence-electron chi connectivity index (χ2n) is 5.22. The Hall–Kier alpha value is -2.21. The van der Waals surface area contributed by atoms with Crippen LogP contribution in [0.4, 0.5) is 4.79 Å². The average molecular weight is 338 g/mol. The molecule has 2 N–H and O–H groups in total. The number of primary amides is 1. The molecule has 0 saturated carbocycles. The summed E-state index contributed by atoms with van der Waals surface area (Å²) in [4.78, 5) is 26.8. The van der Waals surface area contributed by atoms with Gasteiger partial charge < -0.3 is 20.3 Å². The molecule has 0 aliphatic carbocycles. The predicted octanol–water partition coefficient (Wildman–Crippen LogP) is 1.97. The molecular weight excluding hydrogens is 318 g/mol. The van der Waals surface area contributed by atoms with Gasteiger partial charge in [0.1, 0.15) is 5.75 Å². The Balaban J connectivity index is 2.04. The largest absolute Gasteiger partial charge is 0.496 e. The van der Waals surface area contributed by atoms with E-state index in [1.54, 1.807) is 41.2 Å². The average Bonchev–Trinajstić information content (AvgIpc) is 2.79. The fourth-order valence-corrected chi connectivity index (χ4v) is 2.64. The van der Waals surface area contributed by atoms with Gasteiger partial charge in [-0.3, -0.25) is 4.79 Å². The molecule has 3 amide bonds. The van der Waals surface area contributed by atoms with Crippen LogP contribution in [-0.4, -0.2) is 55.0 Å². The smallest absolute Gasteiger partial charge is 0.314 e. The first-order valence-corrected chi connectivity index (χ1v) is 7.74. The summed E-state index contributed by atoms with van der Waals surface area (Å²) in [6.45, 7) is 2.10. The monoisotopic (exact) mass is 337 g/mol. The third-order valence-electron chi connectivity index (χ3n) is 3.72. The summed E-state index contributed by atoms with van der Waals surface area (Å²) in [5, 5.41) is 0.574. The lowest BCUT2D eigenvalue weighted by atomic mass is 10.2. The van der Waals surface area contributed by atoms with Crippen molar-refractivity contribution in [2.75, 3.05) is 33.3 Å². The molecule has 2 rings (SSSR count). The van der Waals surface area contributed by atoms with Crippen LogP contribution in [0.3, 0.4) is 0 Å². The lowest BCUT2D eigenvalue weighted by molar-refractivity contribution is -0.125. The number of nitrogens with two attached hydrogens (primary N) is 1. The molecule has 1 fully saturated rings. The van der Waals surface area contributed by atoms with E-state index in [2.05, 4.69) is 0 Å². The number of hydrogen-bond donors (Lipinski definition) is 1. The molecule has 1 aliphatic heterocycles. The van der Waals surface area contributed by atoms with E-state index in [1.807, 2.05) is 0 Å². The molecule has 0 radical (unpaired) electrons. The summed E-state index contributed by atoms with van der Waals surface area (Å²) in [7, 11) is 1.57. The number of ether oxygens (including phenoxy) is 1. The first-order valence-electron chi connectivity index (χ1n) is 7.36. The SMILES string of the molecule is COc1ccc(Cl)cc1C=CC(=O)N1CCCN(C(N)=O)CC1. The van der Waals surface area contributed by atoms with Crippen LogP contribution < -0.4 is 10.5 Å². The fraction of sp³-hybridized carbons (Fsp3) is 0.375. The predicted molar refractivity (Wildman–Crippen MR) is 89.4 cm³/mol. The van der Waals surface area contributed by atoms with E-state index in [9.17, 15) is 9.59 Å². The maximum atomic E-state index is 12.3. The van der Waals surface area contributed by atoms with Crippen LogP contribution in [0.25, 0.3) is 6.08 Å².